The number of alkyl halides is 3. The average molecular weight is 378 g/mol. The van der Waals surface area contributed by atoms with E-state index in [-0.39, 0.29) is 17.5 Å². The van der Waals surface area contributed by atoms with Crippen LogP contribution in [0.25, 0.3) is 10.8 Å². The maximum absolute atomic E-state index is 13.9. The van der Waals surface area contributed by atoms with Gasteiger partial charge in [-0.05, 0) is 47.2 Å². The Balaban J connectivity index is 2.03. The number of amides is 1. The number of hydrazine groups is 1. The van der Waals surface area contributed by atoms with Gasteiger partial charge in [0, 0.05) is 6.54 Å². The molecular formula is C21H25F3N2O. The van der Waals surface area contributed by atoms with E-state index in [0.717, 1.165) is 21.3 Å². The van der Waals surface area contributed by atoms with Crippen LogP contribution in [0.3, 0.4) is 0 Å². The normalized spacial score (nSPS) is 19.3. The second kappa shape index (κ2) is 6.23. The quantitative estimate of drug-likeness (QED) is 0.787. The van der Waals surface area contributed by atoms with Crippen LogP contribution >= 0.6 is 0 Å². The van der Waals surface area contributed by atoms with Crippen LogP contribution in [0.5, 0.6) is 0 Å². The molecule has 3 nitrogen and oxygen atoms in total. The van der Waals surface area contributed by atoms with Gasteiger partial charge in [-0.25, -0.2) is 5.01 Å². The molecule has 0 aliphatic carbocycles. The Morgan fingerprint density at radius 2 is 1.63 bits per heavy atom. The zero-order chi connectivity index (χ0) is 20.2. The van der Waals surface area contributed by atoms with Crippen molar-refractivity contribution in [1.29, 1.82) is 0 Å². The first-order valence-electron chi connectivity index (χ1n) is 8.98. The van der Waals surface area contributed by atoms with Crippen molar-refractivity contribution in [3.05, 3.63) is 47.5 Å². The molecule has 27 heavy (non-hydrogen) atoms. The number of hydrogen-bond acceptors (Lipinski definition) is 2. The fraction of sp³-hybridized carbons (Fsp3) is 0.476. The Bertz CT molecular complexity index is 881. The lowest BCUT2D eigenvalue weighted by molar-refractivity contribution is -0.191. The topological polar surface area (TPSA) is 32.3 Å². The monoisotopic (exact) mass is 378 g/mol. The Morgan fingerprint density at radius 3 is 2.15 bits per heavy atom. The van der Waals surface area contributed by atoms with Crippen LogP contribution in [0, 0.1) is 5.41 Å². The van der Waals surface area contributed by atoms with Crippen molar-refractivity contribution >= 4 is 16.7 Å². The van der Waals surface area contributed by atoms with Crippen molar-refractivity contribution < 1.29 is 18.0 Å². The zero-order valence-electron chi connectivity index (χ0n) is 16.2. The Kier molecular flexibility index (Phi) is 4.54. The highest BCUT2D eigenvalue weighted by Crippen LogP contribution is 2.41. The summed E-state index contributed by atoms with van der Waals surface area (Å²) in [5.74, 6) is -0.396. The standard InChI is InChI=1S/C21H25F3N2O/c1-19(2,3)16-9-8-13-10-15(7-6-14(13)11-16)17(21(22,23)24)26-12-20(4,5)18(27)25-26/h6-11,17H,12H2,1-5H3,(H,25,27)/t17-/m0/s1. The summed E-state index contributed by atoms with van der Waals surface area (Å²) in [6, 6.07) is 8.75. The highest BCUT2D eigenvalue weighted by molar-refractivity contribution is 5.85. The molecule has 1 N–H and O–H groups in total. The molecule has 2 aromatic carbocycles. The van der Waals surface area contributed by atoms with Crippen molar-refractivity contribution in [1.82, 2.24) is 10.4 Å². The van der Waals surface area contributed by atoms with Crippen molar-refractivity contribution in [3.8, 4) is 0 Å². The lowest BCUT2D eigenvalue weighted by Gasteiger charge is -2.30. The first-order valence-corrected chi connectivity index (χ1v) is 8.98. The van der Waals surface area contributed by atoms with Crippen molar-refractivity contribution in [2.24, 2.45) is 5.41 Å². The molecule has 0 aromatic heterocycles. The van der Waals surface area contributed by atoms with Gasteiger partial charge < -0.3 is 0 Å². The van der Waals surface area contributed by atoms with E-state index < -0.39 is 23.5 Å². The summed E-state index contributed by atoms with van der Waals surface area (Å²) in [7, 11) is 0. The maximum atomic E-state index is 13.9. The van der Waals surface area contributed by atoms with E-state index in [4.69, 9.17) is 0 Å². The van der Waals surface area contributed by atoms with Gasteiger partial charge in [0.15, 0.2) is 0 Å². The molecule has 6 heteroatoms. The van der Waals surface area contributed by atoms with E-state index in [1.807, 2.05) is 18.2 Å². The molecule has 1 amide bonds. The van der Waals surface area contributed by atoms with Gasteiger partial charge in [0.1, 0.15) is 6.04 Å². The van der Waals surface area contributed by atoms with E-state index in [0.29, 0.717) is 0 Å². The molecule has 3 rings (SSSR count). The summed E-state index contributed by atoms with van der Waals surface area (Å²) in [6.45, 7) is 9.57. The fourth-order valence-corrected chi connectivity index (χ4v) is 3.42. The number of nitrogens with one attached hydrogen (secondary N) is 1. The van der Waals surface area contributed by atoms with Crippen LogP contribution < -0.4 is 5.43 Å². The van der Waals surface area contributed by atoms with E-state index in [1.165, 1.54) is 6.07 Å². The maximum Gasteiger partial charge on any atom is 0.409 e. The minimum Gasteiger partial charge on any atom is -0.287 e. The van der Waals surface area contributed by atoms with Gasteiger partial charge in [0.25, 0.3) is 0 Å². The van der Waals surface area contributed by atoms with Crippen LogP contribution in [0.2, 0.25) is 0 Å². The lowest BCUT2D eigenvalue weighted by Crippen LogP contribution is -2.43. The van der Waals surface area contributed by atoms with Gasteiger partial charge in [-0.3, -0.25) is 10.2 Å². The summed E-state index contributed by atoms with van der Waals surface area (Å²) in [5, 5.41) is 2.66. The number of nitrogens with zero attached hydrogens (tertiary/aromatic N) is 1. The van der Waals surface area contributed by atoms with Gasteiger partial charge in [0.05, 0.1) is 5.41 Å². The molecule has 1 heterocycles. The summed E-state index contributed by atoms with van der Waals surface area (Å²) in [5.41, 5.74) is 2.76. The van der Waals surface area contributed by atoms with Crippen molar-refractivity contribution in [3.63, 3.8) is 0 Å². The third-order valence-corrected chi connectivity index (χ3v) is 5.09. The van der Waals surface area contributed by atoms with Crippen LogP contribution in [-0.4, -0.2) is 23.6 Å². The summed E-state index contributed by atoms with van der Waals surface area (Å²) in [4.78, 5) is 12.0. The SMILES string of the molecule is CC1(C)CN([C@@H](c2ccc3cc(C(C)(C)C)ccc3c2)C(F)(F)F)NC1=O. The highest BCUT2D eigenvalue weighted by Gasteiger charge is 2.51. The molecule has 0 spiro atoms. The zero-order valence-corrected chi connectivity index (χ0v) is 16.2. The summed E-state index contributed by atoms with van der Waals surface area (Å²) >= 11 is 0. The van der Waals surface area contributed by atoms with E-state index in [2.05, 4.69) is 26.2 Å². The highest BCUT2D eigenvalue weighted by atomic mass is 19.4. The molecule has 1 saturated heterocycles. The van der Waals surface area contributed by atoms with Gasteiger partial charge in [-0.15, -0.1) is 0 Å². The Hall–Kier alpha value is -2.08. The van der Waals surface area contributed by atoms with Crippen LogP contribution in [-0.2, 0) is 10.2 Å². The first kappa shape index (κ1) is 19.7. The predicted molar refractivity (Wildman–Crippen MR) is 100 cm³/mol. The summed E-state index contributed by atoms with van der Waals surface area (Å²) in [6.07, 6.45) is -4.51. The minimum absolute atomic E-state index is 0.00297. The minimum atomic E-state index is -4.51. The Labute approximate surface area is 157 Å². The smallest absolute Gasteiger partial charge is 0.287 e. The largest absolute Gasteiger partial charge is 0.409 e. The molecule has 2 aromatic rings. The number of hydrogen-bond donors (Lipinski definition) is 1. The number of carbonyl (C=O) groups excluding carboxylic acids is 1. The molecule has 0 bridgehead atoms. The molecule has 1 aliphatic heterocycles. The summed E-state index contributed by atoms with van der Waals surface area (Å²) < 4.78 is 41.6. The molecule has 0 radical (unpaired) electrons. The third kappa shape index (κ3) is 3.81. The average Bonchev–Trinajstić information content (AvgIpc) is 2.77. The third-order valence-electron chi connectivity index (χ3n) is 5.09. The fourth-order valence-electron chi connectivity index (χ4n) is 3.42. The van der Waals surface area contributed by atoms with Crippen molar-refractivity contribution in [2.75, 3.05) is 6.54 Å². The van der Waals surface area contributed by atoms with Crippen LogP contribution in [0.15, 0.2) is 36.4 Å². The van der Waals surface area contributed by atoms with Crippen LogP contribution in [0.1, 0.15) is 51.8 Å². The molecule has 1 atom stereocenters. The molecule has 0 unspecified atom stereocenters. The van der Waals surface area contributed by atoms with Gasteiger partial charge in [0.2, 0.25) is 5.91 Å². The number of benzene rings is 2. The predicted octanol–water partition coefficient (Wildman–Crippen LogP) is 5.11. The van der Waals surface area contributed by atoms with Gasteiger partial charge in [-0.1, -0.05) is 51.1 Å². The Morgan fingerprint density at radius 1 is 1.04 bits per heavy atom. The number of fused-ring (bicyclic) bond motifs is 1. The molecule has 146 valence electrons. The first-order chi connectivity index (χ1) is 12.3. The van der Waals surface area contributed by atoms with Gasteiger partial charge >= 0.3 is 6.18 Å². The van der Waals surface area contributed by atoms with E-state index >= 15 is 0 Å². The van der Waals surface area contributed by atoms with Crippen molar-refractivity contribution in [2.45, 2.75) is 52.3 Å². The molecule has 0 saturated carbocycles. The molecule has 1 aliphatic rings. The van der Waals surface area contributed by atoms with Gasteiger partial charge in [-0.2, -0.15) is 13.2 Å². The second-order valence-corrected chi connectivity index (χ2v) is 8.97. The van der Waals surface area contributed by atoms with E-state index in [1.54, 1.807) is 26.0 Å². The second-order valence-electron chi connectivity index (χ2n) is 8.97. The lowest BCUT2D eigenvalue weighted by atomic mass is 9.85. The number of carbonyl (C=O) groups is 1. The number of rotatable bonds is 2. The van der Waals surface area contributed by atoms with E-state index in [9.17, 15) is 18.0 Å². The van der Waals surface area contributed by atoms with Crippen LogP contribution in [0.4, 0.5) is 13.2 Å². The molecule has 1 fully saturated rings. The molecular weight excluding hydrogens is 353 g/mol. The number of halogens is 3.